The van der Waals surface area contributed by atoms with E-state index in [2.05, 4.69) is 6.08 Å². The summed E-state index contributed by atoms with van der Waals surface area (Å²) in [5, 5.41) is 0. The van der Waals surface area contributed by atoms with Crippen LogP contribution in [-0.2, 0) is 14.8 Å². The van der Waals surface area contributed by atoms with E-state index in [4.69, 9.17) is 0 Å². The zero-order chi connectivity index (χ0) is 17.2. The Kier molecular flexibility index (Phi) is 5.01. The number of carbonyl (C=O) groups is 1. The number of allylic oxidation sites excluding steroid dienone is 2. The van der Waals surface area contributed by atoms with Crippen molar-refractivity contribution in [3.8, 4) is 0 Å². The number of nitrogens with zero attached hydrogens (tertiary/aromatic N) is 2. The van der Waals surface area contributed by atoms with Crippen LogP contribution in [0.2, 0.25) is 0 Å². The van der Waals surface area contributed by atoms with E-state index in [0.29, 0.717) is 13.1 Å². The topological polar surface area (TPSA) is 57.7 Å². The molecule has 0 unspecified atom stereocenters. The van der Waals surface area contributed by atoms with Crippen LogP contribution in [0, 0.1) is 11.7 Å². The fourth-order valence-electron chi connectivity index (χ4n) is 3.18. The van der Waals surface area contributed by atoms with Crippen LogP contribution in [0.15, 0.2) is 41.3 Å². The molecule has 1 heterocycles. The molecule has 1 aromatic carbocycles. The number of amides is 1. The molecule has 2 aliphatic rings. The first-order valence-electron chi connectivity index (χ1n) is 8.18. The molecule has 1 fully saturated rings. The van der Waals surface area contributed by atoms with Crippen LogP contribution in [0.4, 0.5) is 4.39 Å². The molecule has 1 aliphatic carbocycles. The Morgan fingerprint density at radius 1 is 1.04 bits per heavy atom. The second-order valence-corrected chi connectivity index (χ2v) is 8.10. The molecule has 1 aliphatic heterocycles. The number of piperazine rings is 1. The molecule has 24 heavy (non-hydrogen) atoms. The number of benzene rings is 1. The van der Waals surface area contributed by atoms with E-state index < -0.39 is 15.8 Å². The standard InChI is InChI=1S/C17H21FN2O3S/c18-15-6-8-16(9-7-15)24(22,23)20-12-10-19(11-13-20)17(21)14-4-2-1-3-5-14/h1-2,6-9,14H,3-5,10-13H2/t14-/m1/s1. The lowest BCUT2D eigenvalue weighted by atomic mass is 9.93. The molecule has 0 radical (unpaired) electrons. The summed E-state index contributed by atoms with van der Waals surface area (Å²) in [5.41, 5.74) is 0. The molecule has 0 N–H and O–H groups in total. The van der Waals surface area contributed by atoms with Gasteiger partial charge in [0.25, 0.3) is 0 Å². The van der Waals surface area contributed by atoms with Crippen molar-refractivity contribution in [2.24, 2.45) is 5.92 Å². The Balaban J connectivity index is 1.63. The van der Waals surface area contributed by atoms with Crippen LogP contribution in [0.25, 0.3) is 0 Å². The Morgan fingerprint density at radius 2 is 1.71 bits per heavy atom. The second kappa shape index (κ2) is 7.03. The second-order valence-electron chi connectivity index (χ2n) is 6.16. The summed E-state index contributed by atoms with van der Waals surface area (Å²) in [4.78, 5) is 14.3. The van der Waals surface area contributed by atoms with Gasteiger partial charge in [-0.3, -0.25) is 4.79 Å². The maximum absolute atomic E-state index is 13.0. The van der Waals surface area contributed by atoms with Crippen LogP contribution in [0.1, 0.15) is 19.3 Å². The number of carbonyl (C=O) groups excluding carboxylic acids is 1. The molecule has 5 nitrogen and oxygen atoms in total. The molecule has 0 spiro atoms. The smallest absolute Gasteiger partial charge is 0.243 e. The molecule has 0 aromatic heterocycles. The summed E-state index contributed by atoms with van der Waals surface area (Å²) in [6.45, 7) is 1.35. The highest BCUT2D eigenvalue weighted by Gasteiger charge is 2.32. The van der Waals surface area contributed by atoms with Crippen LogP contribution in [-0.4, -0.2) is 49.7 Å². The molecular formula is C17H21FN2O3S. The monoisotopic (exact) mass is 352 g/mol. The highest BCUT2D eigenvalue weighted by atomic mass is 32.2. The van der Waals surface area contributed by atoms with Crippen molar-refractivity contribution in [1.29, 1.82) is 0 Å². The van der Waals surface area contributed by atoms with Crippen molar-refractivity contribution < 1.29 is 17.6 Å². The van der Waals surface area contributed by atoms with Crippen molar-refractivity contribution in [1.82, 2.24) is 9.21 Å². The summed E-state index contributed by atoms with van der Waals surface area (Å²) in [6.07, 6.45) is 6.70. The molecule has 7 heteroatoms. The predicted molar refractivity (Wildman–Crippen MR) is 88.2 cm³/mol. The van der Waals surface area contributed by atoms with Gasteiger partial charge in [-0.1, -0.05) is 12.2 Å². The molecular weight excluding hydrogens is 331 g/mol. The first-order chi connectivity index (χ1) is 11.5. The summed E-state index contributed by atoms with van der Waals surface area (Å²) >= 11 is 0. The Morgan fingerprint density at radius 3 is 2.29 bits per heavy atom. The lowest BCUT2D eigenvalue weighted by molar-refractivity contribution is -0.137. The number of rotatable bonds is 3. The number of hydrogen-bond acceptors (Lipinski definition) is 3. The largest absolute Gasteiger partial charge is 0.340 e. The Bertz CT molecular complexity index is 723. The SMILES string of the molecule is O=C([C@@H]1CC=CCC1)N1CCN(S(=O)(=O)c2ccc(F)cc2)CC1. The Labute approximate surface area is 141 Å². The normalized spacial score (nSPS) is 22.5. The molecule has 3 rings (SSSR count). The van der Waals surface area contributed by atoms with E-state index in [1.165, 1.54) is 16.4 Å². The lowest BCUT2D eigenvalue weighted by Gasteiger charge is -2.36. The molecule has 0 bridgehead atoms. The van der Waals surface area contributed by atoms with Gasteiger partial charge in [0, 0.05) is 32.1 Å². The first kappa shape index (κ1) is 17.1. The van der Waals surface area contributed by atoms with Gasteiger partial charge in [-0.25, -0.2) is 12.8 Å². The third-order valence-corrected chi connectivity index (χ3v) is 6.53. The highest BCUT2D eigenvalue weighted by Crippen LogP contribution is 2.23. The quantitative estimate of drug-likeness (QED) is 0.782. The van der Waals surface area contributed by atoms with Gasteiger partial charge in [0.15, 0.2) is 0 Å². The number of sulfonamides is 1. The summed E-state index contributed by atoms with van der Waals surface area (Å²) in [7, 11) is -3.64. The van der Waals surface area contributed by atoms with Crippen LogP contribution in [0.3, 0.4) is 0 Å². The van der Waals surface area contributed by atoms with Crippen LogP contribution < -0.4 is 0 Å². The van der Waals surface area contributed by atoms with E-state index >= 15 is 0 Å². The summed E-state index contributed by atoms with van der Waals surface area (Å²) in [5.74, 6) is -0.320. The van der Waals surface area contributed by atoms with Gasteiger partial charge in [0.05, 0.1) is 4.90 Å². The van der Waals surface area contributed by atoms with E-state index in [-0.39, 0.29) is 29.8 Å². The van der Waals surface area contributed by atoms with Crippen molar-refractivity contribution in [3.63, 3.8) is 0 Å². The third kappa shape index (κ3) is 3.52. The molecule has 130 valence electrons. The van der Waals surface area contributed by atoms with Gasteiger partial charge >= 0.3 is 0 Å². The maximum Gasteiger partial charge on any atom is 0.243 e. The van der Waals surface area contributed by atoms with Gasteiger partial charge in [-0.2, -0.15) is 4.31 Å². The third-order valence-electron chi connectivity index (χ3n) is 4.62. The van der Waals surface area contributed by atoms with Gasteiger partial charge in [0.2, 0.25) is 15.9 Å². The fourth-order valence-corrected chi connectivity index (χ4v) is 4.60. The predicted octanol–water partition coefficient (Wildman–Crippen LogP) is 2.01. The molecule has 1 atom stereocenters. The van der Waals surface area contributed by atoms with Crippen LogP contribution >= 0.6 is 0 Å². The van der Waals surface area contributed by atoms with Crippen molar-refractivity contribution in [3.05, 3.63) is 42.2 Å². The van der Waals surface area contributed by atoms with E-state index in [1.54, 1.807) is 4.90 Å². The zero-order valence-corrected chi connectivity index (χ0v) is 14.2. The average Bonchev–Trinajstić information content (AvgIpc) is 2.62. The van der Waals surface area contributed by atoms with Crippen molar-refractivity contribution in [2.45, 2.75) is 24.2 Å². The minimum absolute atomic E-state index is 0.0234. The highest BCUT2D eigenvalue weighted by molar-refractivity contribution is 7.89. The first-order valence-corrected chi connectivity index (χ1v) is 9.62. The van der Waals surface area contributed by atoms with E-state index in [0.717, 1.165) is 31.4 Å². The van der Waals surface area contributed by atoms with Gasteiger partial charge in [-0.05, 0) is 43.5 Å². The van der Waals surface area contributed by atoms with Crippen molar-refractivity contribution >= 4 is 15.9 Å². The minimum Gasteiger partial charge on any atom is -0.340 e. The lowest BCUT2D eigenvalue weighted by Crippen LogP contribution is -2.51. The average molecular weight is 352 g/mol. The van der Waals surface area contributed by atoms with Gasteiger partial charge < -0.3 is 4.90 Å². The molecule has 1 amide bonds. The minimum atomic E-state index is -3.64. The van der Waals surface area contributed by atoms with Crippen molar-refractivity contribution in [2.75, 3.05) is 26.2 Å². The summed E-state index contributed by atoms with van der Waals surface area (Å²) < 4.78 is 39.5. The Hall–Kier alpha value is -1.73. The summed E-state index contributed by atoms with van der Waals surface area (Å²) in [6, 6.07) is 4.83. The van der Waals surface area contributed by atoms with Crippen LogP contribution in [0.5, 0.6) is 0 Å². The molecule has 1 aromatic rings. The maximum atomic E-state index is 13.0. The number of hydrogen-bond donors (Lipinski definition) is 0. The van der Waals surface area contributed by atoms with Gasteiger partial charge in [0.1, 0.15) is 5.82 Å². The number of halogens is 1. The molecule has 0 saturated carbocycles. The fraction of sp³-hybridized carbons (Fsp3) is 0.471. The molecule has 1 saturated heterocycles. The van der Waals surface area contributed by atoms with Gasteiger partial charge in [-0.15, -0.1) is 0 Å². The van der Waals surface area contributed by atoms with E-state index in [1.807, 2.05) is 6.08 Å². The zero-order valence-electron chi connectivity index (χ0n) is 13.4. The van der Waals surface area contributed by atoms with E-state index in [9.17, 15) is 17.6 Å².